The Kier molecular flexibility index (Phi) is 12.2. The summed E-state index contributed by atoms with van der Waals surface area (Å²) in [6.07, 6.45) is 11.4. The van der Waals surface area contributed by atoms with Crippen LogP contribution in [0, 0.1) is 5.92 Å². The maximum absolute atomic E-state index is 14.0. The molecule has 0 N–H and O–H groups in total. The molecule has 2 heterocycles. The molecule has 1 saturated heterocycles. The second-order valence-electron chi connectivity index (χ2n) is 13.4. The summed E-state index contributed by atoms with van der Waals surface area (Å²) in [6.45, 7) is 2.15. The van der Waals surface area contributed by atoms with Crippen molar-refractivity contribution in [1.29, 1.82) is 0 Å². The number of nitrogens with zero attached hydrogens (tertiary/aromatic N) is 5. The molecule has 0 amide bonds. The molecular formula is C35H51N5O5S2. The van der Waals surface area contributed by atoms with Crippen LogP contribution < -0.4 is 4.90 Å². The average Bonchev–Trinajstić information content (AvgIpc) is 3.07. The normalized spacial score (nSPS) is 22.0. The fraction of sp³-hybridized carbons (Fsp3) is 0.571. The van der Waals surface area contributed by atoms with E-state index in [1.54, 1.807) is 24.3 Å². The predicted octanol–water partition coefficient (Wildman–Crippen LogP) is 4.54. The van der Waals surface area contributed by atoms with E-state index in [0.29, 0.717) is 51.4 Å². The standard InChI is InChI=1S/C35H51N5O5S2/c1-36(2)33-15-17-35(18-16-33)46(42,43)39-23-9-21-37(27-30-11-5-3-6-12-30)22-10-24-40(29-34(41)28-39)47(44,45)38-25-19-32(20-26-38)31-13-7-4-8-14-31/h4,7-8,10,13-18,24,30,32H,3,5-6,9,11-12,19-23,25-29H2,1-2H3/b24-10-. The molecule has 0 aromatic heterocycles. The Bertz CT molecular complexity index is 1550. The van der Waals surface area contributed by atoms with Crippen molar-refractivity contribution in [2.45, 2.75) is 62.2 Å². The first-order chi connectivity index (χ1) is 22.5. The number of hydrogen-bond acceptors (Lipinski definition) is 7. The predicted molar refractivity (Wildman–Crippen MR) is 187 cm³/mol. The number of rotatable bonds is 8. The van der Waals surface area contributed by atoms with E-state index in [2.05, 4.69) is 17.0 Å². The number of carbonyl (C=O) groups excluding carboxylic acids is 1. The SMILES string of the molecule is CN(C)c1ccc(S(=O)(=O)N2CCCN(CC3CCCCC3)C/C=C\N(S(=O)(=O)N3CCC(c4ccccc4)CC3)CC(=O)C2)cc1. The number of carbonyl (C=O) groups is 1. The third kappa shape index (κ3) is 9.23. The zero-order chi connectivity index (χ0) is 33.4. The van der Waals surface area contributed by atoms with Crippen LogP contribution in [0.25, 0.3) is 0 Å². The lowest BCUT2D eigenvalue weighted by Gasteiger charge is -2.35. The molecule has 0 atom stereocenters. The van der Waals surface area contributed by atoms with Crippen LogP contribution in [0.15, 0.2) is 71.8 Å². The number of piperidine rings is 1. The molecule has 0 unspecified atom stereocenters. The summed E-state index contributed by atoms with van der Waals surface area (Å²) < 4.78 is 59.7. The van der Waals surface area contributed by atoms with Crippen molar-refractivity contribution < 1.29 is 21.6 Å². The Balaban J connectivity index is 1.37. The van der Waals surface area contributed by atoms with Gasteiger partial charge in [0.25, 0.3) is 0 Å². The molecule has 47 heavy (non-hydrogen) atoms. The van der Waals surface area contributed by atoms with Crippen LogP contribution in [0.1, 0.15) is 62.8 Å². The monoisotopic (exact) mass is 685 g/mol. The number of benzene rings is 2. The van der Waals surface area contributed by atoms with Gasteiger partial charge in [-0.15, -0.1) is 0 Å². The lowest BCUT2D eigenvalue weighted by molar-refractivity contribution is -0.119. The van der Waals surface area contributed by atoms with Gasteiger partial charge in [-0.25, -0.2) is 8.42 Å². The second-order valence-corrected chi connectivity index (χ2v) is 17.2. The molecule has 0 bridgehead atoms. The van der Waals surface area contributed by atoms with Gasteiger partial charge in [-0.2, -0.15) is 17.0 Å². The Morgan fingerprint density at radius 1 is 0.745 bits per heavy atom. The van der Waals surface area contributed by atoms with E-state index in [1.807, 2.05) is 43.3 Å². The van der Waals surface area contributed by atoms with Gasteiger partial charge >= 0.3 is 10.2 Å². The molecule has 258 valence electrons. The highest BCUT2D eigenvalue weighted by molar-refractivity contribution is 7.89. The Morgan fingerprint density at radius 2 is 1.43 bits per heavy atom. The summed E-state index contributed by atoms with van der Waals surface area (Å²) in [5.74, 6) is 0.392. The van der Waals surface area contributed by atoms with Crippen LogP contribution in [0.3, 0.4) is 0 Å². The van der Waals surface area contributed by atoms with Crippen LogP contribution in [-0.2, 0) is 25.0 Å². The van der Waals surface area contributed by atoms with E-state index in [-0.39, 0.29) is 17.4 Å². The minimum Gasteiger partial charge on any atom is -0.378 e. The molecule has 10 nitrogen and oxygen atoms in total. The average molecular weight is 686 g/mol. The van der Waals surface area contributed by atoms with Gasteiger partial charge in [0, 0.05) is 58.7 Å². The molecule has 5 rings (SSSR count). The molecule has 2 aromatic carbocycles. The number of anilines is 1. The van der Waals surface area contributed by atoms with Crippen molar-refractivity contribution >= 4 is 31.7 Å². The fourth-order valence-corrected chi connectivity index (χ4v) is 10.0. The lowest BCUT2D eigenvalue weighted by Crippen LogP contribution is -2.48. The second kappa shape index (κ2) is 16.1. The highest BCUT2D eigenvalue weighted by atomic mass is 32.2. The molecule has 2 fully saturated rings. The first-order valence-electron chi connectivity index (χ1n) is 17.0. The molecule has 3 aliphatic rings. The van der Waals surface area contributed by atoms with Crippen molar-refractivity contribution in [2.75, 3.05) is 71.4 Å². The van der Waals surface area contributed by atoms with E-state index >= 15 is 0 Å². The highest BCUT2D eigenvalue weighted by Gasteiger charge is 2.34. The molecule has 0 spiro atoms. The van der Waals surface area contributed by atoms with E-state index in [9.17, 15) is 21.6 Å². The van der Waals surface area contributed by atoms with Crippen molar-refractivity contribution in [3.63, 3.8) is 0 Å². The van der Waals surface area contributed by atoms with Gasteiger partial charge in [0.1, 0.15) is 0 Å². The molecule has 2 aromatic rings. The molecule has 2 aliphatic heterocycles. The van der Waals surface area contributed by atoms with E-state index in [4.69, 9.17) is 0 Å². The molecule has 1 aliphatic carbocycles. The smallest absolute Gasteiger partial charge is 0.303 e. The summed E-state index contributed by atoms with van der Waals surface area (Å²) in [5, 5.41) is 0. The van der Waals surface area contributed by atoms with Crippen molar-refractivity contribution in [2.24, 2.45) is 5.92 Å². The lowest BCUT2D eigenvalue weighted by atomic mass is 9.89. The van der Waals surface area contributed by atoms with Crippen LogP contribution in [0.4, 0.5) is 5.69 Å². The highest BCUT2D eigenvalue weighted by Crippen LogP contribution is 2.30. The fourth-order valence-electron chi connectivity index (χ4n) is 7.05. The number of hydrogen-bond donors (Lipinski definition) is 0. The number of sulfonamides is 1. The summed E-state index contributed by atoms with van der Waals surface area (Å²) in [4.78, 5) is 17.9. The zero-order valence-corrected chi connectivity index (χ0v) is 29.5. The van der Waals surface area contributed by atoms with Gasteiger partial charge < -0.3 is 4.90 Å². The minimum absolute atomic E-state index is 0.118. The minimum atomic E-state index is -4.01. The van der Waals surface area contributed by atoms with Gasteiger partial charge in [0.2, 0.25) is 10.0 Å². The quantitative estimate of drug-likeness (QED) is 0.403. The zero-order valence-electron chi connectivity index (χ0n) is 27.9. The molecule has 1 saturated carbocycles. The Morgan fingerprint density at radius 3 is 2.09 bits per heavy atom. The third-order valence-electron chi connectivity index (χ3n) is 9.78. The maximum atomic E-state index is 14.0. The van der Waals surface area contributed by atoms with Gasteiger partial charge in [-0.05, 0) is 80.3 Å². The summed E-state index contributed by atoms with van der Waals surface area (Å²) in [6, 6.07) is 16.8. The van der Waals surface area contributed by atoms with Crippen LogP contribution >= 0.6 is 0 Å². The van der Waals surface area contributed by atoms with Gasteiger partial charge in [0.15, 0.2) is 5.78 Å². The number of ketones is 1. The summed E-state index contributed by atoms with van der Waals surface area (Å²) >= 11 is 0. The van der Waals surface area contributed by atoms with Crippen molar-refractivity contribution in [3.05, 3.63) is 72.4 Å². The van der Waals surface area contributed by atoms with Crippen molar-refractivity contribution in [1.82, 2.24) is 17.8 Å². The van der Waals surface area contributed by atoms with Gasteiger partial charge in [0.05, 0.1) is 18.0 Å². The van der Waals surface area contributed by atoms with E-state index in [0.717, 1.165) is 16.5 Å². The van der Waals surface area contributed by atoms with Crippen molar-refractivity contribution in [3.8, 4) is 0 Å². The van der Waals surface area contributed by atoms with Crippen LogP contribution in [0.5, 0.6) is 0 Å². The van der Waals surface area contributed by atoms with Gasteiger partial charge in [-0.3, -0.25) is 14.0 Å². The van der Waals surface area contributed by atoms with Crippen LogP contribution in [0.2, 0.25) is 0 Å². The van der Waals surface area contributed by atoms with Crippen LogP contribution in [-0.4, -0.2) is 107 Å². The molecular weight excluding hydrogens is 635 g/mol. The Labute approximate surface area is 282 Å². The summed E-state index contributed by atoms with van der Waals surface area (Å²) in [5.41, 5.74) is 2.08. The topological polar surface area (TPSA) is 102 Å². The number of Topliss-reactive ketones (excluding diaryl/α,β-unsaturated/α-hetero) is 1. The first kappa shape index (κ1) is 35.5. The van der Waals surface area contributed by atoms with E-state index < -0.39 is 39.1 Å². The largest absolute Gasteiger partial charge is 0.378 e. The molecule has 0 radical (unpaired) electrons. The first-order valence-corrected chi connectivity index (χ1v) is 19.9. The molecule has 12 heteroatoms. The Hall–Kier alpha value is -2.77. The van der Waals surface area contributed by atoms with E-state index in [1.165, 1.54) is 52.5 Å². The summed E-state index contributed by atoms with van der Waals surface area (Å²) in [7, 11) is -4.23. The van der Waals surface area contributed by atoms with Gasteiger partial charge in [-0.1, -0.05) is 55.7 Å². The third-order valence-corrected chi connectivity index (χ3v) is 13.5. The maximum Gasteiger partial charge on any atom is 0.303 e.